The van der Waals surface area contributed by atoms with Gasteiger partial charge in [0.25, 0.3) is 0 Å². The van der Waals surface area contributed by atoms with Crippen molar-refractivity contribution in [3.8, 4) is 5.75 Å². The zero-order chi connectivity index (χ0) is 16.5. The number of nitrogens with zero attached hydrogens (tertiary/aromatic N) is 1. The molecule has 2 rings (SSSR count). The first-order valence-corrected chi connectivity index (χ1v) is 7.97. The van der Waals surface area contributed by atoms with Crippen LogP contribution in [0.25, 0.3) is 0 Å². The van der Waals surface area contributed by atoms with Crippen LogP contribution in [0.1, 0.15) is 11.1 Å². The van der Waals surface area contributed by atoms with Crippen LogP contribution in [0, 0.1) is 0 Å². The van der Waals surface area contributed by atoms with E-state index in [1.165, 1.54) is 5.56 Å². The largest absolute Gasteiger partial charge is 0.497 e. The van der Waals surface area contributed by atoms with Gasteiger partial charge in [0.1, 0.15) is 5.75 Å². The molecule has 0 atom stereocenters. The normalized spacial score (nSPS) is 10.8. The van der Waals surface area contributed by atoms with Crippen LogP contribution >= 0.6 is 35.6 Å². The molecular weight excluding hydrogens is 437 g/mol. The summed E-state index contributed by atoms with van der Waals surface area (Å²) >= 11 is 6.11. The molecule has 4 nitrogen and oxygen atoms in total. The highest BCUT2D eigenvalue weighted by molar-refractivity contribution is 14.0. The molecule has 0 unspecified atom stereocenters. The van der Waals surface area contributed by atoms with E-state index in [0.29, 0.717) is 12.5 Å². The predicted molar refractivity (Wildman–Crippen MR) is 112 cm³/mol. The van der Waals surface area contributed by atoms with Crippen LogP contribution in [-0.4, -0.2) is 26.2 Å². The highest BCUT2D eigenvalue weighted by atomic mass is 127. The highest BCUT2D eigenvalue weighted by Gasteiger charge is 1.99. The number of ether oxygens (including phenoxy) is 1. The molecule has 130 valence electrons. The van der Waals surface area contributed by atoms with Crippen molar-refractivity contribution < 1.29 is 4.74 Å². The van der Waals surface area contributed by atoms with Crippen molar-refractivity contribution in [2.24, 2.45) is 10.7 Å². The lowest BCUT2D eigenvalue weighted by Crippen LogP contribution is -2.33. The summed E-state index contributed by atoms with van der Waals surface area (Å²) in [4.78, 5) is 4.32. The molecule has 6 heteroatoms. The topological polar surface area (TPSA) is 59.6 Å². The Bertz CT molecular complexity index is 647. The molecule has 0 aliphatic rings. The second kappa shape index (κ2) is 11.1. The molecule has 0 heterocycles. The standard InChI is InChI=1S/C18H22ClN3O.HI/c1-23-16-8-6-14(7-9-16)10-12-21-18(20)22-13-11-15-4-2-3-5-17(15)19;/h2-9H,10-13H2,1H3,(H3,20,21,22);1H. The molecule has 0 spiro atoms. The quantitative estimate of drug-likeness (QED) is 0.377. The highest BCUT2D eigenvalue weighted by Crippen LogP contribution is 2.15. The van der Waals surface area contributed by atoms with Crippen LogP contribution in [0.5, 0.6) is 5.75 Å². The van der Waals surface area contributed by atoms with Crippen molar-refractivity contribution in [3.05, 3.63) is 64.7 Å². The van der Waals surface area contributed by atoms with Crippen molar-refractivity contribution in [1.29, 1.82) is 0 Å². The Morgan fingerprint density at radius 3 is 2.50 bits per heavy atom. The number of guanidine groups is 1. The molecule has 0 aliphatic carbocycles. The Morgan fingerprint density at radius 2 is 1.83 bits per heavy atom. The maximum atomic E-state index is 6.11. The van der Waals surface area contributed by atoms with Gasteiger partial charge in [0, 0.05) is 18.1 Å². The minimum atomic E-state index is 0. The van der Waals surface area contributed by atoms with Gasteiger partial charge >= 0.3 is 0 Å². The summed E-state index contributed by atoms with van der Waals surface area (Å²) < 4.78 is 5.14. The summed E-state index contributed by atoms with van der Waals surface area (Å²) in [6, 6.07) is 15.8. The third-order valence-corrected chi connectivity index (χ3v) is 3.87. The van der Waals surface area contributed by atoms with Gasteiger partial charge < -0.3 is 15.8 Å². The number of aliphatic imine (C=N–C) groups is 1. The van der Waals surface area contributed by atoms with Gasteiger partial charge in [-0.15, -0.1) is 24.0 Å². The summed E-state index contributed by atoms with van der Waals surface area (Å²) in [5, 5.41) is 3.90. The fraction of sp³-hybridized carbons (Fsp3) is 0.278. The van der Waals surface area contributed by atoms with E-state index in [1.54, 1.807) is 7.11 Å². The Kier molecular flexibility index (Phi) is 9.56. The van der Waals surface area contributed by atoms with Gasteiger partial charge in [-0.1, -0.05) is 41.9 Å². The number of hydrogen-bond donors (Lipinski definition) is 2. The monoisotopic (exact) mass is 459 g/mol. The summed E-state index contributed by atoms with van der Waals surface area (Å²) in [5.41, 5.74) is 8.18. The first kappa shape index (κ1) is 20.6. The SMILES string of the molecule is COc1ccc(CCNC(N)=NCCc2ccccc2Cl)cc1.I. The fourth-order valence-electron chi connectivity index (χ4n) is 2.18. The molecule has 0 fully saturated rings. The number of nitrogens with one attached hydrogen (secondary N) is 1. The van der Waals surface area contributed by atoms with Crippen LogP contribution in [-0.2, 0) is 12.8 Å². The van der Waals surface area contributed by atoms with E-state index in [1.807, 2.05) is 48.5 Å². The fourth-order valence-corrected chi connectivity index (χ4v) is 2.41. The number of hydrogen-bond acceptors (Lipinski definition) is 2. The minimum Gasteiger partial charge on any atom is -0.497 e. The number of methoxy groups -OCH3 is 1. The van der Waals surface area contributed by atoms with E-state index in [4.69, 9.17) is 22.1 Å². The molecule has 0 bridgehead atoms. The average Bonchev–Trinajstić information content (AvgIpc) is 2.57. The van der Waals surface area contributed by atoms with Crippen molar-refractivity contribution >= 4 is 41.5 Å². The van der Waals surface area contributed by atoms with E-state index in [2.05, 4.69) is 10.3 Å². The summed E-state index contributed by atoms with van der Waals surface area (Å²) in [5.74, 6) is 1.33. The Morgan fingerprint density at radius 1 is 1.12 bits per heavy atom. The van der Waals surface area contributed by atoms with Gasteiger partial charge in [-0.2, -0.15) is 0 Å². The van der Waals surface area contributed by atoms with Gasteiger partial charge in [-0.3, -0.25) is 4.99 Å². The van der Waals surface area contributed by atoms with E-state index in [0.717, 1.165) is 35.7 Å². The average molecular weight is 460 g/mol. The Balaban J connectivity index is 0.00000288. The number of nitrogens with two attached hydrogens (primary N) is 1. The zero-order valence-electron chi connectivity index (χ0n) is 13.7. The van der Waals surface area contributed by atoms with E-state index < -0.39 is 0 Å². The second-order valence-corrected chi connectivity index (χ2v) is 5.54. The van der Waals surface area contributed by atoms with E-state index in [-0.39, 0.29) is 24.0 Å². The lowest BCUT2D eigenvalue weighted by Gasteiger charge is -2.07. The first-order chi connectivity index (χ1) is 11.2. The number of benzene rings is 2. The lowest BCUT2D eigenvalue weighted by molar-refractivity contribution is 0.414. The zero-order valence-corrected chi connectivity index (χ0v) is 16.8. The number of rotatable bonds is 7. The predicted octanol–water partition coefficient (Wildman–Crippen LogP) is 3.66. The van der Waals surface area contributed by atoms with Crippen molar-refractivity contribution in [1.82, 2.24) is 5.32 Å². The van der Waals surface area contributed by atoms with Gasteiger partial charge in [0.05, 0.1) is 7.11 Å². The van der Waals surface area contributed by atoms with Gasteiger partial charge in [0.2, 0.25) is 0 Å². The minimum absolute atomic E-state index is 0. The molecule has 2 aromatic rings. The van der Waals surface area contributed by atoms with E-state index >= 15 is 0 Å². The van der Waals surface area contributed by atoms with Crippen molar-refractivity contribution in [2.75, 3.05) is 20.2 Å². The molecule has 0 aromatic heterocycles. The van der Waals surface area contributed by atoms with Crippen LogP contribution in [0.3, 0.4) is 0 Å². The van der Waals surface area contributed by atoms with E-state index in [9.17, 15) is 0 Å². The van der Waals surface area contributed by atoms with Gasteiger partial charge in [0.15, 0.2) is 5.96 Å². The smallest absolute Gasteiger partial charge is 0.188 e. The molecule has 0 amide bonds. The number of halogens is 2. The van der Waals surface area contributed by atoms with Gasteiger partial charge in [-0.25, -0.2) is 0 Å². The van der Waals surface area contributed by atoms with Crippen LogP contribution in [0.4, 0.5) is 0 Å². The first-order valence-electron chi connectivity index (χ1n) is 7.59. The second-order valence-electron chi connectivity index (χ2n) is 5.13. The van der Waals surface area contributed by atoms with Crippen LogP contribution in [0.2, 0.25) is 5.02 Å². The Hall–Kier alpha value is -1.47. The Labute approximate surface area is 165 Å². The molecule has 0 aliphatic heterocycles. The maximum absolute atomic E-state index is 6.11. The summed E-state index contributed by atoms with van der Waals surface area (Å²) in [6.45, 7) is 1.36. The molecule has 0 saturated carbocycles. The molecular formula is C18H23ClIN3O. The van der Waals surface area contributed by atoms with Crippen LogP contribution < -0.4 is 15.8 Å². The van der Waals surface area contributed by atoms with Crippen LogP contribution in [0.15, 0.2) is 53.5 Å². The maximum Gasteiger partial charge on any atom is 0.188 e. The third kappa shape index (κ3) is 6.97. The molecule has 0 saturated heterocycles. The molecule has 2 aromatic carbocycles. The van der Waals surface area contributed by atoms with Gasteiger partial charge in [-0.05, 0) is 42.2 Å². The summed E-state index contributed by atoms with van der Waals surface area (Å²) in [7, 11) is 1.66. The van der Waals surface area contributed by atoms with Crippen molar-refractivity contribution in [3.63, 3.8) is 0 Å². The summed E-state index contributed by atoms with van der Waals surface area (Å²) in [6.07, 6.45) is 1.66. The lowest BCUT2D eigenvalue weighted by atomic mass is 10.1. The van der Waals surface area contributed by atoms with Crippen molar-refractivity contribution in [2.45, 2.75) is 12.8 Å². The molecule has 24 heavy (non-hydrogen) atoms. The third-order valence-electron chi connectivity index (χ3n) is 3.50. The molecule has 3 N–H and O–H groups in total. The molecule has 0 radical (unpaired) electrons.